The SMILES string of the molecule is CC1=CC23CCC4C(C)(C(=O)OC5OC(CO)C(O)C(OC(O)/C(O)=C(\O)C(O)CCO)C5OC(O)/C(O)=C(\O)C(O)CCO)CCCC4(C)C2CCC1(OC(O)/C(OC(O)/C(O)=C(/O)C(O)CCO)=C(/OC(O)/C(O)=C(\O)C(O)CCO)C(O)CCO)C3. The summed E-state index contributed by atoms with van der Waals surface area (Å²) in [5, 5.41) is 262. The first kappa shape index (κ1) is 74.8. The second-order valence-corrected chi connectivity index (χ2v) is 23.6. The molecule has 4 aliphatic carbocycles. The number of carbonyl (C=O) groups is 1. The minimum Gasteiger partial charge on any atom is -0.506 e. The second-order valence-electron chi connectivity index (χ2n) is 23.6. The number of aliphatic hydroxyl groups is 25. The van der Waals surface area contributed by atoms with E-state index in [1.807, 2.05) is 13.0 Å². The fraction of sp³-hybridized carbons (Fsp3) is 0.768. The Kier molecular flexibility index (Phi) is 26.6. The van der Waals surface area contributed by atoms with Gasteiger partial charge in [-0.1, -0.05) is 19.4 Å². The van der Waals surface area contributed by atoms with Gasteiger partial charge in [-0.15, -0.1) is 0 Å². The van der Waals surface area contributed by atoms with E-state index in [0.29, 0.717) is 24.8 Å². The molecule has 5 rings (SSSR count). The van der Waals surface area contributed by atoms with Gasteiger partial charge in [-0.2, -0.15) is 0 Å². The van der Waals surface area contributed by atoms with E-state index >= 15 is 4.79 Å². The number of hydrogen-bond acceptors (Lipinski definition) is 33. The molecule has 89 heavy (non-hydrogen) atoms. The van der Waals surface area contributed by atoms with Gasteiger partial charge in [0.15, 0.2) is 52.2 Å². The number of rotatable bonds is 33. The van der Waals surface area contributed by atoms with Gasteiger partial charge in [0.1, 0.15) is 48.8 Å². The van der Waals surface area contributed by atoms with E-state index in [2.05, 4.69) is 0 Å². The van der Waals surface area contributed by atoms with E-state index in [1.165, 1.54) is 0 Å². The molecule has 2 bridgehead atoms. The molecule has 1 spiro atoms. The fourth-order valence-corrected chi connectivity index (χ4v) is 13.3. The molecule has 0 aromatic heterocycles. The molecular weight excluding hydrogens is 1200 g/mol. The predicted molar refractivity (Wildman–Crippen MR) is 295 cm³/mol. The number of fused-ring (bicyclic) bond motifs is 3. The van der Waals surface area contributed by atoms with Crippen molar-refractivity contribution < 1.29 is 166 Å². The van der Waals surface area contributed by atoms with Crippen molar-refractivity contribution in [2.45, 2.75) is 203 Å². The molecule has 33 nitrogen and oxygen atoms in total. The highest BCUT2D eigenvalue weighted by atomic mass is 16.8. The van der Waals surface area contributed by atoms with Crippen molar-refractivity contribution in [2.75, 3.05) is 39.6 Å². The summed E-state index contributed by atoms with van der Waals surface area (Å²) in [4.78, 5) is 15.1. The molecule has 1 heterocycles. The Morgan fingerprint density at radius 3 is 1.43 bits per heavy atom. The van der Waals surface area contributed by atoms with Crippen LogP contribution in [0.5, 0.6) is 0 Å². The van der Waals surface area contributed by atoms with Crippen molar-refractivity contribution in [3.8, 4) is 0 Å². The van der Waals surface area contributed by atoms with Crippen LogP contribution in [0.15, 0.2) is 69.2 Å². The zero-order chi connectivity index (χ0) is 66.8. The molecule has 25 N–H and O–H groups in total. The van der Waals surface area contributed by atoms with E-state index in [-0.39, 0.29) is 38.0 Å². The maximum atomic E-state index is 15.1. The van der Waals surface area contributed by atoms with Gasteiger partial charge >= 0.3 is 5.97 Å². The standard InChI is InChI=1S/C56H90O33/c1-24-21-55-14-5-31-53(2,32(55)6-15-56(24,23-55)89-50(81)44(86-48(79)40(75)35(70)27(65)9-18-59)42(29(67)11-20-61)84-46(77)38(73)33(68)25(63)7-16-57)12-4-13-54(31,3)52(82)88-51-45(87-49(80)41(76)36(71)28(66)10-19-60)43(37(72)30(22-62)83-51)85-47(78)39(74)34(69)26(64)8-17-58/h21,25-32,37,43,45-51,57-81H,4-20,22-23H2,1-3H3/b38-33+,39-34+,40-35-,41-36+,44-42-. The van der Waals surface area contributed by atoms with Gasteiger partial charge in [-0.3, -0.25) is 4.79 Å². The molecule has 0 amide bonds. The van der Waals surface area contributed by atoms with Crippen LogP contribution in [0, 0.1) is 28.1 Å². The van der Waals surface area contributed by atoms with Crippen molar-refractivity contribution in [3.63, 3.8) is 0 Å². The van der Waals surface area contributed by atoms with Crippen molar-refractivity contribution in [3.05, 3.63) is 69.2 Å². The maximum absolute atomic E-state index is 15.1. The van der Waals surface area contributed by atoms with E-state index in [1.54, 1.807) is 13.8 Å². The number of hydrogen-bond donors (Lipinski definition) is 25. The summed E-state index contributed by atoms with van der Waals surface area (Å²) in [7, 11) is 0. The summed E-state index contributed by atoms with van der Waals surface area (Å²) in [6, 6.07) is 0. The molecule has 33 heteroatoms. The molecule has 512 valence electrons. The zero-order valence-electron chi connectivity index (χ0n) is 49.3. The summed E-state index contributed by atoms with van der Waals surface area (Å²) in [5.74, 6) is -15.4. The Labute approximate surface area is 509 Å². The van der Waals surface area contributed by atoms with E-state index in [9.17, 15) is 128 Å². The van der Waals surface area contributed by atoms with Gasteiger partial charge in [0.25, 0.3) is 12.6 Å². The molecule has 21 unspecified atom stereocenters. The number of allylic oxidation sites excluding steroid dienone is 1. The number of carbonyl (C=O) groups excluding carboxylic acids is 1. The lowest BCUT2D eigenvalue weighted by molar-refractivity contribution is -0.341. The first-order chi connectivity index (χ1) is 41.7. The Morgan fingerprint density at radius 2 is 0.966 bits per heavy atom. The highest BCUT2D eigenvalue weighted by Gasteiger charge is 2.68. The minimum atomic E-state index is -2.79. The van der Waals surface area contributed by atoms with E-state index in [0.717, 1.165) is 0 Å². The van der Waals surface area contributed by atoms with Crippen LogP contribution in [-0.2, 0) is 38.0 Å². The van der Waals surface area contributed by atoms with Gasteiger partial charge in [0.05, 0.1) is 17.6 Å². The predicted octanol–water partition coefficient (Wildman–Crippen LogP) is -2.65. The molecule has 0 radical (unpaired) electrons. The van der Waals surface area contributed by atoms with Gasteiger partial charge in [-0.25, -0.2) is 0 Å². The van der Waals surface area contributed by atoms with Crippen molar-refractivity contribution in [2.24, 2.45) is 28.1 Å². The lowest BCUT2D eigenvalue weighted by Crippen LogP contribution is -2.64. The monoisotopic (exact) mass is 1290 g/mol. The smallest absolute Gasteiger partial charge is 0.314 e. The molecule has 1 saturated heterocycles. The summed E-state index contributed by atoms with van der Waals surface area (Å²) in [5.41, 5.74) is -3.98. The van der Waals surface area contributed by atoms with Crippen LogP contribution >= 0.6 is 0 Å². The molecule has 1 aliphatic heterocycles. The first-order valence-electron chi connectivity index (χ1n) is 29.0. The highest BCUT2D eigenvalue weighted by molar-refractivity contribution is 5.77. The lowest BCUT2D eigenvalue weighted by Gasteiger charge is -2.64. The lowest BCUT2D eigenvalue weighted by atomic mass is 9.40. The summed E-state index contributed by atoms with van der Waals surface area (Å²) < 4.78 is 40.3. The minimum absolute atomic E-state index is 0.0712. The average molecular weight is 1290 g/mol. The molecule has 3 saturated carbocycles. The van der Waals surface area contributed by atoms with Crippen molar-refractivity contribution in [1.29, 1.82) is 0 Å². The Bertz CT molecular complexity index is 2550. The fourth-order valence-electron chi connectivity index (χ4n) is 13.3. The van der Waals surface area contributed by atoms with E-state index < -0.39 is 256 Å². The van der Waals surface area contributed by atoms with Gasteiger partial charge in [0, 0.05) is 65.1 Å². The van der Waals surface area contributed by atoms with Gasteiger partial charge < -0.3 is 161 Å². The molecular formula is C56H90O33. The van der Waals surface area contributed by atoms with Crippen molar-refractivity contribution >= 4 is 5.97 Å². The van der Waals surface area contributed by atoms with E-state index in [4.69, 9.17) is 33.2 Å². The van der Waals surface area contributed by atoms with Crippen LogP contribution in [-0.4, -0.2) is 272 Å². The number of esters is 1. The third-order valence-corrected chi connectivity index (χ3v) is 17.9. The Hall–Kier alpha value is -4.93. The number of ether oxygens (including phenoxy) is 7. The zero-order valence-corrected chi connectivity index (χ0v) is 49.3. The Morgan fingerprint density at radius 1 is 0.539 bits per heavy atom. The number of aliphatic hydroxyl groups excluding tert-OH is 25. The molecule has 4 fully saturated rings. The average Bonchev–Trinajstić information content (AvgIpc) is 1.65. The highest BCUT2D eigenvalue weighted by Crippen LogP contribution is 2.72. The summed E-state index contributed by atoms with van der Waals surface area (Å²) >= 11 is 0. The maximum Gasteiger partial charge on any atom is 0.314 e. The van der Waals surface area contributed by atoms with Gasteiger partial charge in [-0.05, 0) is 87.0 Å². The Balaban J connectivity index is 1.52. The topological polar surface area (TPSA) is 587 Å². The molecule has 5 aliphatic rings. The quantitative estimate of drug-likeness (QED) is 0.0138. The molecule has 0 aromatic rings. The van der Waals surface area contributed by atoms with Crippen LogP contribution < -0.4 is 0 Å². The largest absolute Gasteiger partial charge is 0.506 e. The molecule has 0 aromatic carbocycles. The molecule has 21 atom stereocenters. The van der Waals surface area contributed by atoms with Crippen LogP contribution in [0.2, 0.25) is 0 Å². The first-order valence-corrected chi connectivity index (χ1v) is 29.0. The third kappa shape index (κ3) is 16.1. The van der Waals surface area contributed by atoms with Crippen LogP contribution in [0.1, 0.15) is 104 Å². The van der Waals surface area contributed by atoms with Crippen LogP contribution in [0.3, 0.4) is 0 Å². The third-order valence-electron chi connectivity index (χ3n) is 17.9. The summed E-state index contributed by atoms with van der Waals surface area (Å²) in [6.45, 7) is 0.524. The second kappa shape index (κ2) is 31.6. The van der Waals surface area contributed by atoms with Crippen LogP contribution in [0.4, 0.5) is 0 Å². The van der Waals surface area contributed by atoms with Crippen LogP contribution in [0.25, 0.3) is 0 Å². The summed E-state index contributed by atoms with van der Waals surface area (Å²) in [6.07, 6.45) is -33.1. The van der Waals surface area contributed by atoms with Crippen molar-refractivity contribution in [1.82, 2.24) is 0 Å². The van der Waals surface area contributed by atoms with Gasteiger partial charge in [0.2, 0.25) is 36.7 Å². The normalized spacial score (nSPS) is 33.5.